The lowest BCUT2D eigenvalue weighted by molar-refractivity contribution is 0.586. The van der Waals surface area contributed by atoms with Crippen molar-refractivity contribution in [1.82, 2.24) is 5.32 Å². The Labute approximate surface area is 78.1 Å². The molecule has 1 saturated heterocycles. The first kappa shape index (κ1) is 9.02. The van der Waals surface area contributed by atoms with Crippen LogP contribution in [0.4, 0.5) is 0 Å². The largest absolute Gasteiger partial charge is 0.299 e. The van der Waals surface area contributed by atoms with Crippen LogP contribution in [-0.2, 0) is 9.05 Å². The standard InChI is InChI=1S/C4H7ClINO2S/c5-10(8,9)4-1-3(6)2-7-4/h3-4,7H,1-2H2. The highest BCUT2D eigenvalue weighted by Gasteiger charge is 2.30. The van der Waals surface area contributed by atoms with Crippen molar-refractivity contribution in [3.63, 3.8) is 0 Å². The normalized spacial score (nSPS) is 34.6. The molecule has 2 atom stereocenters. The van der Waals surface area contributed by atoms with Crippen molar-refractivity contribution < 1.29 is 8.42 Å². The maximum absolute atomic E-state index is 10.7. The first-order chi connectivity index (χ1) is 4.50. The summed E-state index contributed by atoms with van der Waals surface area (Å²) in [6.07, 6.45) is 0.617. The Balaban J connectivity index is 2.62. The van der Waals surface area contributed by atoms with Crippen LogP contribution in [0.5, 0.6) is 0 Å². The van der Waals surface area contributed by atoms with Crippen molar-refractivity contribution in [3.05, 3.63) is 0 Å². The van der Waals surface area contributed by atoms with Crippen LogP contribution in [0.15, 0.2) is 0 Å². The molecule has 10 heavy (non-hydrogen) atoms. The van der Waals surface area contributed by atoms with Crippen LogP contribution < -0.4 is 5.32 Å². The van der Waals surface area contributed by atoms with Crippen molar-refractivity contribution >= 4 is 42.3 Å². The molecular formula is C4H7ClINO2S. The van der Waals surface area contributed by atoms with Crippen LogP contribution in [0, 0.1) is 0 Å². The van der Waals surface area contributed by atoms with Crippen molar-refractivity contribution in [2.45, 2.75) is 15.7 Å². The van der Waals surface area contributed by atoms with Gasteiger partial charge < -0.3 is 0 Å². The topological polar surface area (TPSA) is 46.2 Å². The predicted molar refractivity (Wildman–Crippen MR) is 49.0 cm³/mol. The molecule has 6 heteroatoms. The van der Waals surface area contributed by atoms with Crippen molar-refractivity contribution in [2.24, 2.45) is 0 Å². The third-order valence-corrected chi connectivity index (χ3v) is 4.01. The lowest BCUT2D eigenvalue weighted by Gasteiger charge is -2.02. The highest BCUT2D eigenvalue weighted by molar-refractivity contribution is 14.1. The third kappa shape index (κ3) is 2.21. The monoisotopic (exact) mass is 295 g/mol. The van der Waals surface area contributed by atoms with E-state index in [1.807, 2.05) is 0 Å². The second-order valence-electron chi connectivity index (χ2n) is 2.21. The van der Waals surface area contributed by atoms with Gasteiger partial charge in [0, 0.05) is 21.2 Å². The number of halogens is 2. The average molecular weight is 296 g/mol. The van der Waals surface area contributed by atoms with Crippen LogP contribution in [0.3, 0.4) is 0 Å². The Morgan fingerprint density at radius 2 is 2.20 bits per heavy atom. The molecule has 2 unspecified atom stereocenters. The van der Waals surface area contributed by atoms with E-state index in [9.17, 15) is 8.42 Å². The Morgan fingerprint density at radius 3 is 2.40 bits per heavy atom. The molecule has 0 aromatic heterocycles. The summed E-state index contributed by atoms with van der Waals surface area (Å²) in [4.78, 5) is 0. The van der Waals surface area contributed by atoms with E-state index in [1.54, 1.807) is 0 Å². The lowest BCUT2D eigenvalue weighted by atomic mass is 10.4. The summed E-state index contributed by atoms with van der Waals surface area (Å²) in [7, 11) is 1.73. The summed E-state index contributed by atoms with van der Waals surface area (Å²) in [5.74, 6) is 0. The Bertz CT molecular complexity index is 217. The lowest BCUT2D eigenvalue weighted by Crippen LogP contribution is -2.26. The second-order valence-corrected chi connectivity index (χ2v) is 6.78. The highest BCUT2D eigenvalue weighted by atomic mass is 127. The zero-order valence-electron chi connectivity index (χ0n) is 5.05. The summed E-state index contributed by atoms with van der Waals surface area (Å²) >= 11 is 2.20. The number of nitrogens with one attached hydrogen (secondary N) is 1. The predicted octanol–water partition coefficient (Wildman–Crippen LogP) is 0.678. The molecule has 0 spiro atoms. The summed E-state index contributed by atoms with van der Waals surface area (Å²) in [5.41, 5.74) is 0. The van der Waals surface area contributed by atoms with Crippen molar-refractivity contribution in [3.8, 4) is 0 Å². The first-order valence-electron chi connectivity index (χ1n) is 2.81. The SMILES string of the molecule is O=S(=O)(Cl)C1CC(I)CN1. The minimum Gasteiger partial charge on any atom is -0.299 e. The smallest absolute Gasteiger partial charge is 0.248 e. The van der Waals surface area contributed by atoms with Crippen LogP contribution in [0.1, 0.15) is 6.42 Å². The van der Waals surface area contributed by atoms with Crippen LogP contribution >= 0.6 is 33.3 Å². The molecular weight excluding hydrogens is 288 g/mol. The number of rotatable bonds is 1. The van der Waals surface area contributed by atoms with Crippen LogP contribution in [-0.4, -0.2) is 24.3 Å². The number of hydrogen-bond donors (Lipinski definition) is 1. The van der Waals surface area contributed by atoms with Gasteiger partial charge in [-0.2, -0.15) is 0 Å². The fourth-order valence-corrected chi connectivity index (χ4v) is 3.15. The molecule has 0 radical (unpaired) electrons. The first-order valence-corrected chi connectivity index (χ1v) is 6.43. The summed E-state index contributed by atoms with van der Waals surface area (Å²) < 4.78 is 21.7. The minimum absolute atomic E-state index is 0.385. The fraction of sp³-hybridized carbons (Fsp3) is 1.00. The Kier molecular flexibility index (Phi) is 2.82. The fourth-order valence-electron chi connectivity index (χ4n) is 0.873. The zero-order valence-corrected chi connectivity index (χ0v) is 8.78. The molecule has 1 aliphatic heterocycles. The molecule has 0 aromatic carbocycles. The van der Waals surface area contributed by atoms with Gasteiger partial charge in [0.15, 0.2) is 0 Å². The van der Waals surface area contributed by atoms with E-state index in [-0.39, 0.29) is 0 Å². The maximum atomic E-state index is 10.7. The quantitative estimate of drug-likeness (QED) is 0.439. The van der Waals surface area contributed by atoms with Gasteiger partial charge in [-0.25, -0.2) is 8.42 Å². The van der Waals surface area contributed by atoms with Crippen LogP contribution in [0.25, 0.3) is 0 Å². The van der Waals surface area contributed by atoms with E-state index < -0.39 is 14.4 Å². The molecule has 1 aliphatic rings. The van der Waals surface area contributed by atoms with Crippen LogP contribution in [0.2, 0.25) is 0 Å². The van der Waals surface area contributed by atoms with Gasteiger partial charge in [-0.1, -0.05) is 22.6 Å². The van der Waals surface area contributed by atoms with E-state index in [4.69, 9.17) is 10.7 Å². The van der Waals surface area contributed by atoms with Gasteiger partial charge in [-0.05, 0) is 6.42 Å². The molecule has 1 N–H and O–H groups in total. The molecule has 1 fully saturated rings. The molecule has 0 amide bonds. The van der Waals surface area contributed by atoms with Crippen molar-refractivity contribution in [1.29, 1.82) is 0 Å². The number of hydrogen-bond acceptors (Lipinski definition) is 3. The Hall–Kier alpha value is 0.930. The maximum Gasteiger partial charge on any atom is 0.248 e. The van der Waals surface area contributed by atoms with E-state index in [1.165, 1.54) is 0 Å². The molecule has 1 heterocycles. The van der Waals surface area contributed by atoms with Gasteiger partial charge >= 0.3 is 0 Å². The van der Waals surface area contributed by atoms with Gasteiger partial charge in [0.2, 0.25) is 9.05 Å². The van der Waals surface area contributed by atoms with E-state index in [0.717, 1.165) is 6.54 Å². The van der Waals surface area contributed by atoms with E-state index >= 15 is 0 Å². The molecule has 60 valence electrons. The number of alkyl halides is 1. The summed E-state index contributed by atoms with van der Waals surface area (Å²) in [6.45, 7) is 0.733. The minimum atomic E-state index is -3.38. The summed E-state index contributed by atoms with van der Waals surface area (Å²) in [5, 5.41) is 2.29. The van der Waals surface area contributed by atoms with Gasteiger partial charge in [-0.3, -0.25) is 5.32 Å². The highest BCUT2D eigenvalue weighted by Crippen LogP contribution is 2.20. The second kappa shape index (κ2) is 3.12. The average Bonchev–Trinajstić information content (AvgIpc) is 2.11. The third-order valence-electron chi connectivity index (χ3n) is 1.38. The van der Waals surface area contributed by atoms with Gasteiger partial charge in [0.1, 0.15) is 5.37 Å². The zero-order chi connectivity index (χ0) is 7.78. The van der Waals surface area contributed by atoms with E-state index in [2.05, 4.69) is 27.9 Å². The molecule has 3 nitrogen and oxygen atoms in total. The molecule has 0 saturated carbocycles. The molecule has 0 aliphatic carbocycles. The molecule has 0 bridgehead atoms. The van der Waals surface area contributed by atoms with Crippen molar-refractivity contribution in [2.75, 3.05) is 6.54 Å². The Morgan fingerprint density at radius 1 is 1.60 bits per heavy atom. The summed E-state index contributed by atoms with van der Waals surface area (Å²) in [6, 6.07) is 0. The van der Waals surface area contributed by atoms with E-state index in [0.29, 0.717) is 10.3 Å². The van der Waals surface area contributed by atoms with Gasteiger partial charge in [0.25, 0.3) is 0 Å². The molecule has 1 rings (SSSR count). The van der Waals surface area contributed by atoms with Gasteiger partial charge in [0.05, 0.1) is 0 Å². The van der Waals surface area contributed by atoms with Gasteiger partial charge in [-0.15, -0.1) is 0 Å². The molecule has 0 aromatic rings.